The highest BCUT2D eigenvalue weighted by Crippen LogP contribution is 2.53. The van der Waals surface area contributed by atoms with Crippen molar-refractivity contribution in [3.05, 3.63) is 44.6 Å². The van der Waals surface area contributed by atoms with Gasteiger partial charge in [-0.2, -0.15) is 4.90 Å². The van der Waals surface area contributed by atoms with Gasteiger partial charge in [0.2, 0.25) is 11.8 Å². The average Bonchev–Trinajstić information content (AvgIpc) is 3.26. The van der Waals surface area contributed by atoms with Crippen molar-refractivity contribution in [3.8, 4) is 0 Å². The lowest BCUT2D eigenvalue weighted by atomic mass is 9.84. The van der Waals surface area contributed by atoms with Crippen LogP contribution in [0.25, 0.3) is 0 Å². The summed E-state index contributed by atoms with van der Waals surface area (Å²) >= 11 is 2.02. The summed E-state index contributed by atoms with van der Waals surface area (Å²) in [5.74, 6) is -3.07. The van der Waals surface area contributed by atoms with Crippen molar-refractivity contribution in [1.82, 2.24) is 19.4 Å². The third-order valence-electron chi connectivity index (χ3n) is 6.32. The number of primary amides is 1. The fourth-order valence-electron chi connectivity index (χ4n) is 4.77. The van der Waals surface area contributed by atoms with Gasteiger partial charge in [0.1, 0.15) is 11.8 Å². The molecule has 2 N–H and O–H groups in total. The molecule has 0 aliphatic carbocycles. The molecule has 3 atom stereocenters. The minimum atomic E-state index is -1.12. The molecule has 2 fully saturated rings. The monoisotopic (exact) mass is 487 g/mol. The van der Waals surface area contributed by atoms with Crippen LogP contribution >= 0.6 is 23.1 Å². The Bertz CT molecular complexity index is 1200. The van der Waals surface area contributed by atoms with Gasteiger partial charge >= 0.3 is 10.9 Å². The average molecular weight is 488 g/mol. The minimum Gasteiger partial charge on any atom is -0.351 e. The van der Waals surface area contributed by atoms with Crippen molar-refractivity contribution in [2.45, 2.75) is 42.0 Å². The van der Waals surface area contributed by atoms with Crippen molar-refractivity contribution < 1.29 is 19.2 Å². The van der Waals surface area contributed by atoms with Gasteiger partial charge in [0.15, 0.2) is 0 Å². The number of pyridine rings is 1. The van der Waals surface area contributed by atoms with Crippen LogP contribution in [0.2, 0.25) is 0 Å². The molecule has 0 saturated carbocycles. The van der Waals surface area contributed by atoms with Gasteiger partial charge in [0.05, 0.1) is 10.9 Å². The van der Waals surface area contributed by atoms with Crippen LogP contribution in [0.5, 0.6) is 0 Å². The van der Waals surface area contributed by atoms with Crippen LogP contribution in [0.1, 0.15) is 35.6 Å². The molecule has 3 aliphatic heterocycles. The van der Waals surface area contributed by atoms with Crippen LogP contribution in [0.4, 0.5) is 4.79 Å². The highest BCUT2D eigenvalue weighted by molar-refractivity contribution is 8.00. The number of piperidine rings is 1. The molecule has 10 nitrogen and oxygen atoms in total. The molecule has 2 unspecified atom stereocenters. The smallest absolute Gasteiger partial charge is 0.328 e. The van der Waals surface area contributed by atoms with Gasteiger partial charge in [0, 0.05) is 36.3 Å². The Hall–Kier alpha value is -2.99. The van der Waals surface area contributed by atoms with Crippen LogP contribution in [0.3, 0.4) is 0 Å². The number of imide groups is 3. The Morgan fingerprint density at radius 1 is 1.12 bits per heavy atom. The van der Waals surface area contributed by atoms with Gasteiger partial charge in [-0.15, -0.1) is 0 Å². The summed E-state index contributed by atoms with van der Waals surface area (Å²) in [5.41, 5.74) is 5.97. The zero-order valence-corrected chi connectivity index (χ0v) is 19.1. The van der Waals surface area contributed by atoms with Crippen LogP contribution in [0.15, 0.2) is 34.3 Å². The molecule has 2 aromatic rings. The van der Waals surface area contributed by atoms with E-state index in [0.717, 1.165) is 42.4 Å². The first-order chi connectivity index (χ1) is 15.9. The molecule has 0 radical (unpaired) electrons. The van der Waals surface area contributed by atoms with Crippen molar-refractivity contribution in [2.75, 3.05) is 13.1 Å². The molecule has 12 heteroatoms. The Labute approximate surface area is 196 Å². The van der Waals surface area contributed by atoms with E-state index >= 15 is 0 Å². The van der Waals surface area contributed by atoms with Gasteiger partial charge in [-0.1, -0.05) is 29.2 Å². The first-order valence-corrected chi connectivity index (χ1v) is 12.3. The van der Waals surface area contributed by atoms with E-state index in [-0.39, 0.29) is 17.3 Å². The lowest BCUT2D eigenvalue weighted by molar-refractivity contribution is -0.136. The van der Waals surface area contributed by atoms with Gasteiger partial charge in [0.25, 0.3) is 5.91 Å². The standard InChI is InChI=1S/C21H21N5O5S2/c22-20(30)26-17(28)14-13(11-5-4-6-23-9-11)16-19(32-15(14)18(26)29)25(21(31)33-16)10-12(27)24-7-2-1-3-8-24/h4-6,9,13-15H,1-3,7-8,10H2,(H2,22,30)/t13-,14?,15?/m0/s1. The van der Waals surface area contributed by atoms with Crippen LogP contribution < -0.4 is 10.6 Å². The quantitative estimate of drug-likeness (QED) is 0.638. The van der Waals surface area contributed by atoms with E-state index in [0.29, 0.717) is 33.5 Å². The number of carbonyl (C=O) groups is 4. The second-order valence-electron chi connectivity index (χ2n) is 8.24. The number of likely N-dealkylation sites (tertiary alicyclic amines) is 2. The number of hydrogen-bond donors (Lipinski definition) is 1. The van der Waals surface area contributed by atoms with Crippen molar-refractivity contribution in [1.29, 1.82) is 0 Å². The number of hydrogen-bond acceptors (Lipinski definition) is 8. The van der Waals surface area contributed by atoms with E-state index in [1.54, 1.807) is 29.4 Å². The lowest BCUT2D eigenvalue weighted by Crippen LogP contribution is -2.41. The Morgan fingerprint density at radius 3 is 2.55 bits per heavy atom. The summed E-state index contributed by atoms with van der Waals surface area (Å²) < 4.78 is 1.39. The van der Waals surface area contributed by atoms with E-state index in [9.17, 15) is 24.0 Å². The van der Waals surface area contributed by atoms with Crippen molar-refractivity contribution >= 4 is 46.9 Å². The predicted molar refractivity (Wildman–Crippen MR) is 120 cm³/mol. The molecule has 33 heavy (non-hydrogen) atoms. The predicted octanol–water partition coefficient (Wildman–Crippen LogP) is 0.987. The van der Waals surface area contributed by atoms with Gasteiger partial charge in [-0.3, -0.25) is 28.7 Å². The van der Waals surface area contributed by atoms with Crippen LogP contribution in [0, 0.1) is 5.92 Å². The SMILES string of the molecule is NC(=O)N1C(=O)C2Sc3c(sc(=O)n3CC(=O)N3CCCCC3)[C@@H](c3cccnc3)C2C1=O. The van der Waals surface area contributed by atoms with Crippen LogP contribution in [-0.4, -0.2) is 61.4 Å². The van der Waals surface area contributed by atoms with Crippen LogP contribution in [-0.2, 0) is 20.9 Å². The normalized spacial score (nSPS) is 24.5. The van der Waals surface area contributed by atoms with E-state index in [2.05, 4.69) is 4.98 Å². The topological polar surface area (TPSA) is 136 Å². The molecule has 0 spiro atoms. The third kappa shape index (κ3) is 3.57. The summed E-state index contributed by atoms with van der Waals surface area (Å²) in [4.78, 5) is 70.5. The summed E-state index contributed by atoms with van der Waals surface area (Å²) in [6.07, 6.45) is 6.12. The van der Waals surface area contributed by atoms with Crippen molar-refractivity contribution in [2.24, 2.45) is 11.7 Å². The second-order valence-corrected chi connectivity index (χ2v) is 10.4. The second kappa shape index (κ2) is 8.41. The maximum Gasteiger partial charge on any atom is 0.328 e. The number of rotatable bonds is 3. The number of thioether (sulfide) groups is 1. The molecule has 2 saturated heterocycles. The van der Waals surface area contributed by atoms with E-state index in [1.807, 2.05) is 0 Å². The van der Waals surface area contributed by atoms with Gasteiger partial charge < -0.3 is 10.6 Å². The number of aromatic nitrogens is 2. The number of nitrogens with two attached hydrogens (primary N) is 1. The van der Waals surface area contributed by atoms with E-state index < -0.39 is 34.9 Å². The first-order valence-electron chi connectivity index (χ1n) is 10.6. The number of urea groups is 1. The van der Waals surface area contributed by atoms with E-state index in [4.69, 9.17) is 5.73 Å². The number of carbonyl (C=O) groups excluding carboxylic acids is 4. The summed E-state index contributed by atoms with van der Waals surface area (Å²) in [6, 6.07) is 2.36. The number of nitrogens with zero attached hydrogens (tertiary/aromatic N) is 4. The molecular weight excluding hydrogens is 466 g/mol. The molecular formula is C21H21N5O5S2. The largest absolute Gasteiger partial charge is 0.351 e. The molecule has 0 aromatic carbocycles. The zero-order valence-electron chi connectivity index (χ0n) is 17.5. The molecule has 172 valence electrons. The summed E-state index contributed by atoms with van der Waals surface area (Å²) in [5, 5.41) is -0.439. The highest BCUT2D eigenvalue weighted by atomic mass is 32.2. The summed E-state index contributed by atoms with van der Waals surface area (Å²) in [6.45, 7) is 1.20. The van der Waals surface area contributed by atoms with Gasteiger partial charge in [-0.25, -0.2) is 4.79 Å². The number of fused-ring (bicyclic) bond motifs is 2. The Morgan fingerprint density at radius 2 is 1.88 bits per heavy atom. The number of thiazole rings is 1. The highest BCUT2D eigenvalue weighted by Gasteiger charge is 2.58. The maximum atomic E-state index is 13.1. The lowest BCUT2D eigenvalue weighted by Gasteiger charge is -2.31. The molecule has 5 amide bonds. The molecule has 2 aromatic heterocycles. The summed E-state index contributed by atoms with van der Waals surface area (Å²) in [7, 11) is 0. The molecule has 3 aliphatic rings. The van der Waals surface area contributed by atoms with Crippen molar-refractivity contribution in [3.63, 3.8) is 0 Å². The molecule has 0 bridgehead atoms. The fourth-order valence-corrected chi connectivity index (χ4v) is 7.54. The fraction of sp³-hybridized carbons (Fsp3) is 0.429. The maximum absolute atomic E-state index is 13.1. The Kier molecular flexibility index (Phi) is 5.57. The molecule has 5 rings (SSSR count). The Balaban J connectivity index is 1.58. The third-order valence-corrected chi connectivity index (χ3v) is 8.92. The number of amides is 5. The molecule has 5 heterocycles. The first kappa shape index (κ1) is 21.8. The zero-order chi connectivity index (χ0) is 23.3. The minimum absolute atomic E-state index is 0.128. The van der Waals surface area contributed by atoms with Gasteiger partial charge in [-0.05, 0) is 30.9 Å². The van der Waals surface area contributed by atoms with E-state index in [1.165, 1.54) is 4.57 Å².